The Balaban J connectivity index is 2.36. The van der Waals surface area contributed by atoms with Gasteiger partial charge in [0, 0.05) is 18.6 Å². The molecular formula is C14H28N2S. The van der Waals surface area contributed by atoms with Gasteiger partial charge in [0.1, 0.15) is 0 Å². The molecule has 100 valence electrons. The lowest BCUT2D eigenvalue weighted by atomic mass is 10.2. The second kappa shape index (κ2) is 7.91. The smallest absolute Gasteiger partial charge is 0.169 e. The molecule has 17 heavy (non-hydrogen) atoms. The first-order valence-corrected chi connectivity index (χ1v) is 7.63. The van der Waals surface area contributed by atoms with Crippen LogP contribution in [0.2, 0.25) is 0 Å². The molecule has 3 heteroatoms. The fourth-order valence-electron chi connectivity index (χ4n) is 2.45. The van der Waals surface area contributed by atoms with E-state index < -0.39 is 0 Å². The van der Waals surface area contributed by atoms with Crippen molar-refractivity contribution in [2.24, 2.45) is 0 Å². The summed E-state index contributed by atoms with van der Waals surface area (Å²) in [6.07, 6.45) is 9.13. The van der Waals surface area contributed by atoms with E-state index in [1.54, 1.807) is 0 Å². The molecule has 0 spiro atoms. The van der Waals surface area contributed by atoms with Crippen LogP contribution in [0.1, 0.15) is 65.7 Å². The molecule has 1 aliphatic rings. The SMILES string of the molecule is CCCCCN(C(=S)NC1CCCC1)C(C)C. The first-order chi connectivity index (χ1) is 8.15. The molecule has 0 aromatic heterocycles. The molecule has 0 aromatic carbocycles. The molecule has 0 heterocycles. The Morgan fingerprint density at radius 3 is 2.47 bits per heavy atom. The van der Waals surface area contributed by atoms with Crippen LogP contribution in [-0.4, -0.2) is 28.6 Å². The first kappa shape index (κ1) is 14.7. The third-order valence-corrected chi connectivity index (χ3v) is 3.92. The van der Waals surface area contributed by atoms with Crippen LogP contribution in [0.3, 0.4) is 0 Å². The Morgan fingerprint density at radius 1 is 1.29 bits per heavy atom. The minimum Gasteiger partial charge on any atom is -0.360 e. The van der Waals surface area contributed by atoms with Crippen molar-refractivity contribution in [3.8, 4) is 0 Å². The Hall–Kier alpha value is -0.310. The summed E-state index contributed by atoms with van der Waals surface area (Å²) < 4.78 is 0. The van der Waals surface area contributed by atoms with Gasteiger partial charge in [-0.1, -0.05) is 32.6 Å². The molecule has 1 rings (SSSR count). The van der Waals surface area contributed by atoms with Crippen molar-refractivity contribution in [1.82, 2.24) is 10.2 Å². The third kappa shape index (κ3) is 5.24. The van der Waals surface area contributed by atoms with Crippen LogP contribution in [0, 0.1) is 0 Å². The molecule has 0 bridgehead atoms. The second-order valence-corrected chi connectivity index (χ2v) is 5.81. The van der Waals surface area contributed by atoms with E-state index in [0.29, 0.717) is 12.1 Å². The van der Waals surface area contributed by atoms with Gasteiger partial charge in [0.15, 0.2) is 5.11 Å². The number of nitrogens with one attached hydrogen (secondary N) is 1. The highest BCUT2D eigenvalue weighted by Gasteiger charge is 2.19. The zero-order chi connectivity index (χ0) is 12.7. The molecule has 1 saturated carbocycles. The maximum Gasteiger partial charge on any atom is 0.169 e. The average Bonchev–Trinajstić information content (AvgIpc) is 2.76. The predicted octanol–water partition coefficient (Wildman–Crippen LogP) is 3.70. The van der Waals surface area contributed by atoms with Gasteiger partial charge in [0.2, 0.25) is 0 Å². The topological polar surface area (TPSA) is 15.3 Å². The van der Waals surface area contributed by atoms with E-state index >= 15 is 0 Å². The monoisotopic (exact) mass is 256 g/mol. The quantitative estimate of drug-likeness (QED) is 0.576. The number of hydrogen-bond acceptors (Lipinski definition) is 1. The van der Waals surface area contributed by atoms with E-state index in [2.05, 4.69) is 31.0 Å². The zero-order valence-corrected chi connectivity index (χ0v) is 12.5. The minimum atomic E-state index is 0.508. The lowest BCUT2D eigenvalue weighted by Gasteiger charge is -2.31. The van der Waals surface area contributed by atoms with E-state index in [9.17, 15) is 0 Å². The highest BCUT2D eigenvalue weighted by atomic mass is 32.1. The lowest BCUT2D eigenvalue weighted by Crippen LogP contribution is -2.47. The summed E-state index contributed by atoms with van der Waals surface area (Å²) >= 11 is 5.55. The molecule has 0 radical (unpaired) electrons. The van der Waals surface area contributed by atoms with Crippen LogP contribution in [0.15, 0.2) is 0 Å². The lowest BCUT2D eigenvalue weighted by molar-refractivity contribution is 0.331. The number of unbranched alkanes of at least 4 members (excludes halogenated alkanes) is 2. The van der Waals surface area contributed by atoms with Crippen LogP contribution in [0.5, 0.6) is 0 Å². The van der Waals surface area contributed by atoms with Gasteiger partial charge >= 0.3 is 0 Å². The van der Waals surface area contributed by atoms with Crippen molar-refractivity contribution in [2.45, 2.75) is 77.8 Å². The van der Waals surface area contributed by atoms with Crippen LogP contribution < -0.4 is 5.32 Å². The van der Waals surface area contributed by atoms with E-state index in [1.807, 2.05) is 0 Å². The first-order valence-electron chi connectivity index (χ1n) is 7.22. The van der Waals surface area contributed by atoms with E-state index in [-0.39, 0.29) is 0 Å². The van der Waals surface area contributed by atoms with Gasteiger partial charge in [-0.2, -0.15) is 0 Å². The molecule has 2 nitrogen and oxygen atoms in total. The predicted molar refractivity (Wildman–Crippen MR) is 79.4 cm³/mol. The van der Waals surface area contributed by atoms with E-state index in [1.165, 1.54) is 44.9 Å². The normalized spacial score (nSPS) is 16.5. The van der Waals surface area contributed by atoms with Crippen LogP contribution >= 0.6 is 12.2 Å². The fraction of sp³-hybridized carbons (Fsp3) is 0.929. The van der Waals surface area contributed by atoms with Crippen molar-refractivity contribution < 1.29 is 0 Å². The van der Waals surface area contributed by atoms with Gasteiger partial charge in [-0.15, -0.1) is 0 Å². The molecule has 0 aliphatic heterocycles. The van der Waals surface area contributed by atoms with Crippen LogP contribution in [0.4, 0.5) is 0 Å². The summed E-state index contributed by atoms with van der Waals surface area (Å²) in [5, 5.41) is 4.52. The zero-order valence-electron chi connectivity index (χ0n) is 11.7. The standard InChI is InChI=1S/C14H28N2S/c1-4-5-8-11-16(12(2)3)14(17)15-13-9-6-7-10-13/h12-13H,4-11H2,1-3H3,(H,15,17). The molecule has 0 saturated heterocycles. The summed E-state index contributed by atoms with van der Waals surface area (Å²) in [6.45, 7) is 7.81. The Bertz CT molecular complexity index is 222. The van der Waals surface area contributed by atoms with E-state index in [4.69, 9.17) is 12.2 Å². The summed E-state index contributed by atoms with van der Waals surface area (Å²) in [5.41, 5.74) is 0. The Morgan fingerprint density at radius 2 is 1.94 bits per heavy atom. The van der Waals surface area contributed by atoms with Gasteiger partial charge in [0.05, 0.1) is 0 Å². The highest BCUT2D eigenvalue weighted by molar-refractivity contribution is 7.80. The molecular weight excluding hydrogens is 228 g/mol. The van der Waals surface area contributed by atoms with Crippen LogP contribution in [-0.2, 0) is 0 Å². The van der Waals surface area contributed by atoms with Gasteiger partial charge < -0.3 is 10.2 Å². The molecule has 0 unspecified atom stereocenters. The van der Waals surface area contributed by atoms with Gasteiger partial charge in [-0.3, -0.25) is 0 Å². The molecule has 0 aromatic rings. The number of hydrogen-bond donors (Lipinski definition) is 1. The highest BCUT2D eigenvalue weighted by Crippen LogP contribution is 2.18. The van der Waals surface area contributed by atoms with Crippen molar-refractivity contribution in [3.05, 3.63) is 0 Å². The molecule has 0 atom stereocenters. The largest absolute Gasteiger partial charge is 0.360 e. The maximum atomic E-state index is 5.55. The number of rotatable bonds is 6. The van der Waals surface area contributed by atoms with E-state index in [0.717, 1.165) is 11.7 Å². The van der Waals surface area contributed by atoms with Crippen molar-refractivity contribution in [3.63, 3.8) is 0 Å². The summed E-state index contributed by atoms with van der Waals surface area (Å²) in [4.78, 5) is 2.35. The Labute approximate surface area is 112 Å². The number of thiocarbonyl (C=S) groups is 1. The second-order valence-electron chi connectivity index (χ2n) is 5.43. The molecule has 1 N–H and O–H groups in total. The third-order valence-electron chi connectivity index (χ3n) is 3.57. The van der Waals surface area contributed by atoms with Crippen LogP contribution in [0.25, 0.3) is 0 Å². The maximum absolute atomic E-state index is 5.55. The summed E-state index contributed by atoms with van der Waals surface area (Å²) in [7, 11) is 0. The molecule has 1 fully saturated rings. The van der Waals surface area contributed by atoms with Gasteiger partial charge in [-0.05, 0) is 45.3 Å². The molecule has 1 aliphatic carbocycles. The summed E-state index contributed by atoms with van der Waals surface area (Å²) in [6, 6.07) is 1.14. The minimum absolute atomic E-state index is 0.508. The number of nitrogens with zero attached hydrogens (tertiary/aromatic N) is 1. The van der Waals surface area contributed by atoms with Crippen molar-refractivity contribution in [1.29, 1.82) is 0 Å². The van der Waals surface area contributed by atoms with Gasteiger partial charge in [0.25, 0.3) is 0 Å². The molecule has 0 amide bonds. The summed E-state index contributed by atoms with van der Waals surface area (Å²) in [5.74, 6) is 0. The van der Waals surface area contributed by atoms with Crippen molar-refractivity contribution in [2.75, 3.05) is 6.54 Å². The van der Waals surface area contributed by atoms with Gasteiger partial charge in [-0.25, -0.2) is 0 Å². The fourth-order valence-corrected chi connectivity index (χ4v) is 2.92. The Kier molecular flexibility index (Phi) is 6.86. The average molecular weight is 256 g/mol. The van der Waals surface area contributed by atoms with Crippen molar-refractivity contribution >= 4 is 17.3 Å².